The van der Waals surface area contributed by atoms with Crippen LogP contribution in [0.3, 0.4) is 0 Å². The molecule has 0 amide bonds. The zero-order valence-electron chi connectivity index (χ0n) is 9.93. The molecule has 2 heterocycles. The third-order valence-corrected chi connectivity index (χ3v) is 2.59. The molecule has 0 aromatic carbocycles. The van der Waals surface area contributed by atoms with Gasteiger partial charge in [0.15, 0.2) is 17.0 Å². The van der Waals surface area contributed by atoms with Gasteiger partial charge in [0.25, 0.3) is 0 Å². The fraction of sp³-hybridized carbons (Fsp3) is 0.500. The van der Waals surface area contributed by atoms with Crippen molar-refractivity contribution in [1.82, 2.24) is 19.5 Å². The highest BCUT2D eigenvalue weighted by Gasteiger charge is 2.12. The summed E-state index contributed by atoms with van der Waals surface area (Å²) in [5, 5.41) is 11.8. The number of aliphatic hydroxyl groups is 1. The largest absolute Gasteiger partial charge is 0.396 e. The summed E-state index contributed by atoms with van der Waals surface area (Å²) in [7, 11) is 1.88. The van der Waals surface area contributed by atoms with Crippen LogP contribution in [0.4, 0.5) is 11.8 Å². The van der Waals surface area contributed by atoms with Crippen molar-refractivity contribution >= 4 is 22.9 Å². The van der Waals surface area contributed by atoms with Crippen LogP contribution in [-0.2, 0) is 7.05 Å². The molecule has 0 fully saturated rings. The van der Waals surface area contributed by atoms with Crippen LogP contribution in [0.15, 0.2) is 0 Å². The fourth-order valence-electron chi connectivity index (χ4n) is 1.60. The van der Waals surface area contributed by atoms with Gasteiger partial charge in [0, 0.05) is 20.2 Å². The molecular formula is C10H16N6O. The van der Waals surface area contributed by atoms with E-state index in [0.29, 0.717) is 29.9 Å². The molecule has 2 aromatic heterocycles. The first kappa shape index (κ1) is 11.6. The second kappa shape index (κ2) is 4.54. The molecule has 17 heavy (non-hydrogen) atoms. The van der Waals surface area contributed by atoms with Gasteiger partial charge in [0.2, 0.25) is 5.95 Å². The number of aryl methyl sites for hydroxylation is 2. The van der Waals surface area contributed by atoms with Gasteiger partial charge in [0.1, 0.15) is 5.82 Å². The van der Waals surface area contributed by atoms with Crippen molar-refractivity contribution < 1.29 is 5.11 Å². The molecule has 92 valence electrons. The maximum Gasteiger partial charge on any atom is 0.224 e. The van der Waals surface area contributed by atoms with E-state index in [1.807, 2.05) is 18.5 Å². The number of imidazole rings is 1. The average molecular weight is 236 g/mol. The Labute approximate surface area is 98.7 Å². The van der Waals surface area contributed by atoms with E-state index in [2.05, 4.69) is 20.3 Å². The van der Waals surface area contributed by atoms with Crippen LogP contribution in [0.25, 0.3) is 11.2 Å². The predicted octanol–water partition coefficient (Wildman–Crippen LogP) is 0.0482. The normalized spacial score (nSPS) is 11.0. The molecule has 0 bridgehead atoms. The summed E-state index contributed by atoms with van der Waals surface area (Å²) in [4.78, 5) is 12.7. The number of hydrogen-bond acceptors (Lipinski definition) is 6. The minimum absolute atomic E-state index is 0.137. The van der Waals surface area contributed by atoms with Crippen LogP contribution < -0.4 is 11.1 Å². The van der Waals surface area contributed by atoms with E-state index in [1.54, 1.807) is 0 Å². The van der Waals surface area contributed by atoms with Gasteiger partial charge in [-0.25, -0.2) is 4.98 Å². The SMILES string of the molecule is Cc1nc2c(NCCCO)nc(N)nc2n1C. The van der Waals surface area contributed by atoms with Gasteiger partial charge in [-0.05, 0) is 13.3 Å². The van der Waals surface area contributed by atoms with E-state index in [9.17, 15) is 0 Å². The molecule has 0 unspecified atom stereocenters. The van der Waals surface area contributed by atoms with E-state index >= 15 is 0 Å². The average Bonchev–Trinajstić information content (AvgIpc) is 2.57. The number of nitrogens with zero attached hydrogens (tertiary/aromatic N) is 4. The zero-order valence-corrected chi connectivity index (χ0v) is 9.93. The number of rotatable bonds is 4. The first-order chi connectivity index (χ1) is 8.13. The number of nitrogens with two attached hydrogens (primary N) is 1. The van der Waals surface area contributed by atoms with E-state index < -0.39 is 0 Å². The summed E-state index contributed by atoms with van der Waals surface area (Å²) in [6, 6.07) is 0. The molecule has 4 N–H and O–H groups in total. The molecule has 0 aliphatic carbocycles. The van der Waals surface area contributed by atoms with Gasteiger partial charge in [-0.15, -0.1) is 0 Å². The Hall–Kier alpha value is -1.89. The van der Waals surface area contributed by atoms with Crippen molar-refractivity contribution in [1.29, 1.82) is 0 Å². The molecule has 0 saturated carbocycles. The number of anilines is 2. The van der Waals surface area contributed by atoms with Crippen LogP contribution in [0.1, 0.15) is 12.2 Å². The number of aliphatic hydroxyl groups excluding tert-OH is 1. The lowest BCUT2D eigenvalue weighted by Gasteiger charge is -2.05. The third-order valence-electron chi connectivity index (χ3n) is 2.59. The highest BCUT2D eigenvalue weighted by atomic mass is 16.3. The van der Waals surface area contributed by atoms with E-state index in [1.165, 1.54) is 0 Å². The maximum atomic E-state index is 8.74. The Kier molecular flexibility index (Phi) is 3.10. The lowest BCUT2D eigenvalue weighted by atomic mass is 10.4. The van der Waals surface area contributed by atoms with Crippen molar-refractivity contribution in [3.63, 3.8) is 0 Å². The number of fused-ring (bicyclic) bond motifs is 1. The number of nitrogen functional groups attached to an aromatic ring is 1. The van der Waals surface area contributed by atoms with E-state index in [-0.39, 0.29) is 12.6 Å². The van der Waals surface area contributed by atoms with Crippen molar-refractivity contribution in [2.45, 2.75) is 13.3 Å². The predicted molar refractivity (Wildman–Crippen MR) is 65.6 cm³/mol. The second-order valence-electron chi connectivity index (χ2n) is 3.82. The Morgan fingerprint density at radius 1 is 1.35 bits per heavy atom. The molecule has 0 saturated heterocycles. The maximum absolute atomic E-state index is 8.74. The lowest BCUT2D eigenvalue weighted by Crippen LogP contribution is -2.08. The summed E-state index contributed by atoms with van der Waals surface area (Å²) < 4.78 is 1.87. The van der Waals surface area contributed by atoms with Gasteiger partial charge in [-0.3, -0.25) is 0 Å². The van der Waals surface area contributed by atoms with Crippen LogP contribution in [-0.4, -0.2) is 37.8 Å². The van der Waals surface area contributed by atoms with Gasteiger partial charge in [0.05, 0.1) is 0 Å². The molecule has 0 radical (unpaired) electrons. The standard InChI is InChI=1S/C10H16N6O/c1-6-13-7-8(12-4-3-5-17)14-10(11)15-9(7)16(6)2/h17H,3-5H2,1-2H3,(H3,11,12,14,15). The van der Waals surface area contributed by atoms with Crippen molar-refractivity contribution in [2.24, 2.45) is 7.05 Å². The number of aromatic nitrogens is 4. The highest BCUT2D eigenvalue weighted by Crippen LogP contribution is 2.20. The van der Waals surface area contributed by atoms with Crippen LogP contribution in [0.5, 0.6) is 0 Å². The van der Waals surface area contributed by atoms with Crippen molar-refractivity contribution in [3.05, 3.63) is 5.82 Å². The molecule has 7 nitrogen and oxygen atoms in total. The van der Waals surface area contributed by atoms with Gasteiger partial charge in [-0.1, -0.05) is 0 Å². The number of hydrogen-bond donors (Lipinski definition) is 3. The summed E-state index contributed by atoms with van der Waals surface area (Å²) in [6.45, 7) is 2.66. The van der Waals surface area contributed by atoms with Crippen LogP contribution in [0, 0.1) is 6.92 Å². The molecule has 0 aliphatic rings. The minimum atomic E-state index is 0.137. The Morgan fingerprint density at radius 2 is 2.12 bits per heavy atom. The van der Waals surface area contributed by atoms with E-state index in [4.69, 9.17) is 10.8 Å². The van der Waals surface area contributed by atoms with Gasteiger partial charge in [-0.2, -0.15) is 9.97 Å². The Balaban J connectivity index is 2.43. The summed E-state index contributed by atoms with van der Waals surface area (Å²) in [5.74, 6) is 1.68. The summed E-state index contributed by atoms with van der Waals surface area (Å²) in [5.41, 5.74) is 7.07. The van der Waals surface area contributed by atoms with Crippen LogP contribution in [0.2, 0.25) is 0 Å². The molecule has 2 aromatic rings. The Bertz CT molecular complexity index is 535. The minimum Gasteiger partial charge on any atom is -0.396 e. The summed E-state index contributed by atoms with van der Waals surface area (Å²) >= 11 is 0. The molecular weight excluding hydrogens is 220 g/mol. The van der Waals surface area contributed by atoms with Crippen molar-refractivity contribution in [2.75, 3.05) is 24.2 Å². The first-order valence-corrected chi connectivity index (χ1v) is 5.44. The molecule has 0 spiro atoms. The van der Waals surface area contributed by atoms with Gasteiger partial charge >= 0.3 is 0 Å². The van der Waals surface area contributed by atoms with Crippen molar-refractivity contribution in [3.8, 4) is 0 Å². The first-order valence-electron chi connectivity index (χ1n) is 5.44. The smallest absolute Gasteiger partial charge is 0.224 e. The van der Waals surface area contributed by atoms with E-state index in [0.717, 1.165) is 5.82 Å². The van der Waals surface area contributed by atoms with Gasteiger partial charge < -0.3 is 20.7 Å². The fourth-order valence-corrected chi connectivity index (χ4v) is 1.60. The summed E-state index contributed by atoms with van der Waals surface area (Å²) in [6.07, 6.45) is 0.650. The third kappa shape index (κ3) is 2.14. The quantitative estimate of drug-likeness (QED) is 0.648. The topological polar surface area (TPSA) is 102 Å². The molecule has 0 atom stereocenters. The zero-order chi connectivity index (χ0) is 12.4. The monoisotopic (exact) mass is 236 g/mol. The number of nitrogens with one attached hydrogen (secondary N) is 1. The molecule has 0 aliphatic heterocycles. The highest BCUT2D eigenvalue weighted by molar-refractivity contribution is 5.84. The second-order valence-corrected chi connectivity index (χ2v) is 3.82. The molecule has 2 rings (SSSR count). The Morgan fingerprint density at radius 3 is 2.82 bits per heavy atom. The van der Waals surface area contributed by atoms with Crippen LogP contribution >= 0.6 is 0 Å². The lowest BCUT2D eigenvalue weighted by molar-refractivity contribution is 0.292. The molecule has 7 heteroatoms.